The Bertz CT molecular complexity index is 701. The molecule has 1 N–H and O–H groups in total. The van der Waals surface area contributed by atoms with Crippen molar-refractivity contribution in [3.8, 4) is 11.8 Å². The summed E-state index contributed by atoms with van der Waals surface area (Å²) in [5.74, 6) is 1.82. The van der Waals surface area contributed by atoms with Crippen molar-refractivity contribution in [3.05, 3.63) is 24.3 Å². The molecule has 0 aromatic heterocycles. The number of anilines is 1. The summed E-state index contributed by atoms with van der Waals surface area (Å²) in [6.45, 7) is 5.55. The molecule has 1 amide bonds. The largest absolute Gasteiger partial charge is 0.497 e. The van der Waals surface area contributed by atoms with E-state index in [1.165, 1.54) is 31.5 Å². The maximum atomic E-state index is 11.9. The molecule has 164 valence electrons. The molecule has 0 atom stereocenters. The van der Waals surface area contributed by atoms with Crippen LogP contribution in [0.2, 0.25) is 0 Å². The van der Waals surface area contributed by atoms with E-state index in [0.717, 1.165) is 50.7 Å². The van der Waals surface area contributed by atoms with Crippen LogP contribution in [0.25, 0.3) is 0 Å². The van der Waals surface area contributed by atoms with Gasteiger partial charge >= 0.3 is 0 Å². The number of nitrogens with zero attached hydrogens (tertiary/aromatic N) is 3. The van der Waals surface area contributed by atoms with Gasteiger partial charge in [0.05, 0.1) is 13.2 Å². The van der Waals surface area contributed by atoms with Gasteiger partial charge in [0.2, 0.25) is 5.91 Å². The fourth-order valence-electron chi connectivity index (χ4n) is 4.63. The topological polar surface area (TPSA) is 68.6 Å². The quantitative estimate of drug-likeness (QED) is 0.628. The third-order valence-electron chi connectivity index (χ3n) is 6.55. The molecular weight excluding hydrogens is 376 g/mol. The minimum Gasteiger partial charge on any atom is -0.497 e. The molecular formula is C24H36N4O2. The van der Waals surface area contributed by atoms with E-state index in [4.69, 9.17) is 10.00 Å². The molecule has 6 heteroatoms. The molecule has 1 saturated heterocycles. The first kappa shape index (κ1) is 22.4. The van der Waals surface area contributed by atoms with Crippen LogP contribution in [-0.2, 0) is 4.79 Å². The number of hydrogen-bond acceptors (Lipinski definition) is 5. The first-order valence-electron chi connectivity index (χ1n) is 11.5. The summed E-state index contributed by atoms with van der Waals surface area (Å²) >= 11 is 0. The molecule has 1 saturated carbocycles. The van der Waals surface area contributed by atoms with Gasteiger partial charge in [-0.25, -0.2) is 0 Å². The van der Waals surface area contributed by atoms with Gasteiger partial charge in [0.1, 0.15) is 5.75 Å². The van der Waals surface area contributed by atoms with Gasteiger partial charge in [-0.05, 0) is 63.1 Å². The van der Waals surface area contributed by atoms with Crippen molar-refractivity contribution in [1.82, 2.24) is 10.2 Å². The minimum absolute atomic E-state index is 0.114. The van der Waals surface area contributed by atoms with E-state index < -0.39 is 0 Å². The minimum atomic E-state index is 0.114. The van der Waals surface area contributed by atoms with Crippen LogP contribution in [0.1, 0.15) is 51.4 Å². The Morgan fingerprint density at radius 1 is 1.20 bits per heavy atom. The predicted octanol–water partition coefficient (Wildman–Crippen LogP) is 3.58. The first-order valence-corrected chi connectivity index (χ1v) is 11.5. The predicted molar refractivity (Wildman–Crippen MR) is 120 cm³/mol. The molecule has 0 radical (unpaired) electrons. The van der Waals surface area contributed by atoms with Crippen LogP contribution in [0.4, 0.5) is 5.69 Å². The zero-order chi connectivity index (χ0) is 21.2. The molecule has 1 aliphatic carbocycles. The van der Waals surface area contributed by atoms with E-state index in [-0.39, 0.29) is 5.91 Å². The lowest BCUT2D eigenvalue weighted by molar-refractivity contribution is -0.122. The number of amides is 1. The van der Waals surface area contributed by atoms with Gasteiger partial charge in [0.15, 0.2) is 0 Å². The van der Waals surface area contributed by atoms with Gasteiger partial charge in [0.25, 0.3) is 0 Å². The Balaban J connectivity index is 1.30. The number of nitriles is 1. The number of hydrogen-bond donors (Lipinski definition) is 1. The van der Waals surface area contributed by atoms with Crippen LogP contribution < -0.4 is 15.0 Å². The molecule has 3 rings (SSSR count). The van der Waals surface area contributed by atoms with Gasteiger partial charge in [-0.2, -0.15) is 5.26 Å². The first-order chi connectivity index (χ1) is 14.7. The van der Waals surface area contributed by atoms with Crippen molar-refractivity contribution >= 4 is 11.6 Å². The number of rotatable bonds is 9. The lowest BCUT2D eigenvalue weighted by atomic mass is 9.84. The van der Waals surface area contributed by atoms with Crippen molar-refractivity contribution < 1.29 is 9.53 Å². The van der Waals surface area contributed by atoms with E-state index in [1.54, 1.807) is 7.11 Å². The number of benzene rings is 1. The molecule has 2 aliphatic rings. The monoisotopic (exact) mass is 412 g/mol. The second-order valence-corrected chi connectivity index (χ2v) is 8.62. The van der Waals surface area contributed by atoms with Crippen molar-refractivity contribution in [2.75, 3.05) is 44.7 Å². The number of unbranched alkanes of at least 4 members (excludes halogenated alkanes) is 1. The Morgan fingerprint density at radius 3 is 2.67 bits per heavy atom. The van der Waals surface area contributed by atoms with Crippen LogP contribution in [0.5, 0.6) is 5.75 Å². The molecule has 1 aromatic rings. The third-order valence-corrected chi connectivity index (χ3v) is 6.55. The van der Waals surface area contributed by atoms with Gasteiger partial charge in [-0.1, -0.05) is 6.07 Å². The summed E-state index contributed by atoms with van der Waals surface area (Å²) in [5.41, 5.74) is 1.25. The Kier molecular flexibility index (Phi) is 8.82. The van der Waals surface area contributed by atoms with Crippen LogP contribution in [-0.4, -0.2) is 56.7 Å². The zero-order valence-electron chi connectivity index (χ0n) is 18.3. The standard InChI is InChI=1S/C24H36N4O2/c1-30-23-6-4-5-22(19-23)28-17-15-27(16-18-28)14-12-20-8-10-21(11-9-20)26-24(29)7-2-3-13-25/h4-6,19-21H,2-3,7-12,14-18H2,1H3,(H,26,29)/t20-,21-. The van der Waals surface area contributed by atoms with Crippen molar-refractivity contribution in [2.24, 2.45) is 5.92 Å². The summed E-state index contributed by atoms with van der Waals surface area (Å²) < 4.78 is 5.35. The van der Waals surface area contributed by atoms with Gasteiger partial charge in [0, 0.05) is 56.8 Å². The lowest BCUT2D eigenvalue weighted by Crippen LogP contribution is -2.47. The second-order valence-electron chi connectivity index (χ2n) is 8.62. The van der Waals surface area contributed by atoms with E-state index in [1.807, 2.05) is 6.07 Å². The van der Waals surface area contributed by atoms with Crippen molar-refractivity contribution in [3.63, 3.8) is 0 Å². The highest BCUT2D eigenvalue weighted by molar-refractivity contribution is 5.76. The Morgan fingerprint density at radius 2 is 1.97 bits per heavy atom. The van der Waals surface area contributed by atoms with Gasteiger partial charge in [-0.15, -0.1) is 0 Å². The van der Waals surface area contributed by atoms with E-state index in [2.05, 4.69) is 39.4 Å². The van der Waals surface area contributed by atoms with Gasteiger partial charge in [-0.3, -0.25) is 9.69 Å². The van der Waals surface area contributed by atoms with Crippen molar-refractivity contribution in [1.29, 1.82) is 5.26 Å². The molecule has 2 fully saturated rings. The number of ether oxygens (including phenoxy) is 1. The van der Waals surface area contributed by atoms with E-state index >= 15 is 0 Å². The smallest absolute Gasteiger partial charge is 0.220 e. The number of carbonyl (C=O) groups excluding carboxylic acids is 1. The summed E-state index contributed by atoms with van der Waals surface area (Å²) in [4.78, 5) is 17.0. The maximum absolute atomic E-state index is 11.9. The fraction of sp³-hybridized carbons (Fsp3) is 0.667. The van der Waals surface area contributed by atoms with Gasteiger partial charge < -0.3 is 15.0 Å². The highest BCUT2D eigenvalue weighted by atomic mass is 16.5. The average Bonchev–Trinajstić information content (AvgIpc) is 2.79. The summed E-state index contributed by atoms with van der Waals surface area (Å²) in [5, 5.41) is 11.7. The molecule has 6 nitrogen and oxygen atoms in total. The molecule has 0 unspecified atom stereocenters. The maximum Gasteiger partial charge on any atom is 0.220 e. The number of methoxy groups -OCH3 is 1. The molecule has 0 spiro atoms. The molecule has 1 heterocycles. The number of carbonyl (C=O) groups is 1. The molecule has 0 bridgehead atoms. The van der Waals surface area contributed by atoms with Crippen LogP contribution in [0.3, 0.4) is 0 Å². The molecule has 1 aliphatic heterocycles. The molecule has 30 heavy (non-hydrogen) atoms. The third kappa shape index (κ3) is 6.91. The summed E-state index contributed by atoms with van der Waals surface area (Å²) in [6.07, 6.45) is 7.50. The van der Waals surface area contributed by atoms with Crippen molar-refractivity contribution in [2.45, 2.75) is 57.4 Å². The number of nitrogens with one attached hydrogen (secondary N) is 1. The Labute approximate surface area is 181 Å². The molecule has 1 aromatic carbocycles. The highest BCUT2D eigenvalue weighted by Crippen LogP contribution is 2.28. The van der Waals surface area contributed by atoms with E-state index in [9.17, 15) is 4.79 Å². The van der Waals surface area contributed by atoms with Crippen LogP contribution in [0, 0.1) is 17.2 Å². The normalized spacial score (nSPS) is 22.3. The Hall–Kier alpha value is -2.26. The lowest BCUT2D eigenvalue weighted by Gasteiger charge is -2.37. The van der Waals surface area contributed by atoms with E-state index in [0.29, 0.717) is 25.3 Å². The second kappa shape index (κ2) is 11.8. The highest BCUT2D eigenvalue weighted by Gasteiger charge is 2.24. The zero-order valence-corrected chi connectivity index (χ0v) is 18.3. The van der Waals surface area contributed by atoms with Crippen LogP contribution in [0.15, 0.2) is 24.3 Å². The average molecular weight is 413 g/mol. The SMILES string of the molecule is COc1cccc(N2CCN(CC[C@H]3CC[C@H](NC(=O)CCCC#N)CC3)CC2)c1. The summed E-state index contributed by atoms with van der Waals surface area (Å²) in [6, 6.07) is 10.8. The van der Waals surface area contributed by atoms with Crippen LogP contribution >= 0.6 is 0 Å². The summed E-state index contributed by atoms with van der Waals surface area (Å²) in [7, 11) is 1.72. The number of piperazine rings is 1. The fourth-order valence-corrected chi connectivity index (χ4v) is 4.63.